The summed E-state index contributed by atoms with van der Waals surface area (Å²) in [6.45, 7) is 2.29. The van der Waals surface area contributed by atoms with Crippen LogP contribution >= 0.6 is 34.4 Å². The first kappa shape index (κ1) is 22.5. The first-order valence-electron chi connectivity index (χ1n) is 8.69. The van der Waals surface area contributed by atoms with Gasteiger partial charge in [-0.1, -0.05) is 12.1 Å². The van der Waals surface area contributed by atoms with E-state index < -0.39 is 17.6 Å². The van der Waals surface area contributed by atoms with Gasteiger partial charge in [-0.25, -0.2) is 4.99 Å². The largest absolute Gasteiger partial charge is 0.492 e. The molecule has 2 aromatic carbocycles. The lowest BCUT2D eigenvalue weighted by atomic mass is 10.2. The molecular formula is C20H16F3IN2O3S. The Balaban J connectivity index is 1.92. The number of carbonyl (C=O) groups excluding carboxylic acids is 1. The van der Waals surface area contributed by atoms with Crippen LogP contribution in [-0.2, 0) is 11.0 Å². The maximum Gasteiger partial charge on any atom is 0.418 e. The van der Waals surface area contributed by atoms with Crippen molar-refractivity contribution in [2.24, 2.45) is 4.99 Å². The van der Waals surface area contributed by atoms with Gasteiger partial charge in [-0.2, -0.15) is 13.2 Å². The van der Waals surface area contributed by atoms with Crippen LogP contribution in [0.5, 0.6) is 11.5 Å². The van der Waals surface area contributed by atoms with E-state index in [1.54, 1.807) is 19.3 Å². The van der Waals surface area contributed by atoms with Crippen molar-refractivity contribution in [1.82, 2.24) is 5.32 Å². The molecule has 3 rings (SSSR count). The van der Waals surface area contributed by atoms with Gasteiger partial charge in [0.05, 0.1) is 33.4 Å². The number of hydrogen-bond donors (Lipinski definition) is 1. The second kappa shape index (κ2) is 9.29. The number of methoxy groups -OCH3 is 1. The highest BCUT2D eigenvalue weighted by Gasteiger charge is 2.34. The predicted octanol–water partition coefficient (Wildman–Crippen LogP) is 5.61. The molecule has 0 unspecified atom stereocenters. The van der Waals surface area contributed by atoms with E-state index in [1.807, 2.05) is 13.0 Å². The monoisotopic (exact) mass is 548 g/mol. The number of alkyl halides is 3. The Labute approximate surface area is 188 Å². The normalized spacial score (nSPS) is 16.8. The van der Waals surface area contributed by atoms with Crippen LogP contribution in [0.4, 0.5) is 18.9 Å². The van der Waals surface area contributed by atoms with E-state index in [0.29, 0.717) is 28.6 Å². The Kier molecular flexibility index (Phi) is 6.96. The average Bonchev–Trinajstić information content (AvgIpc) is 3.00. The lowest BCUT2D eigenvalue weighted by Gasteiger charge is -2.12. The van der Waals surface area contributed by atoms with Gasteiger partial charge in [0.1, 0.15) is 0 Å². The van der Waals surface area contributed by atoms with Crippen LogP contribution in [0.2, 0.25) is 0 Å². The van der Waals surface area contributed by atoms with Crippen molar-refractivity contribution >= 4 is 57.2 Å². The number of thioether (sulfide) groups is 1. The summed E-state index contributed by atoms with van der Waals surface area (Å²) in [7, 11) is 1.54. The predicted molar refractivity (Wildman–Crippen MR) is 119 cm³/mol. The number of nitrogens with zero attached hydrogens (tertiary/aromatic N) is 1. The van der Waals surface area contributed by atoms with E-state index in [-0.39, 0.29) is 10.9 Å². The number of nitrogens with one attached hydrogen (secondary N) is 1. The lowest BCUT2D eigenvalue weighted by Crippen LogP contribution is -2.19. The van der Waals surface area contributed by atoms with Crippen molar-refractivity contribution in [3.05, 3.63) is 56.0 Å². The summed E-state index contributed by atoms with van der Waals surface area (Å²) >= 11 is 3.07. The number of para-hydroxylation sites is 1. The maximum atomic E-state index is 13.2. The molecule has 0 aromatic heterocycles. The Bertz CT molecular complexity index is 1040. The molecule has 1 saturated heterocycles. The minimum Gasteiger partial charge on any atom is -0.492 e. The van der Waals surface area contributed by atoms with Crippen molar-refractivity contribution in [3.63, 3.8) is 0 Å². The fourth-order valence-electron chi connectivity index (χ4n) is 2.68. The molecule has 1 heterocycles. The minimum absolute atomic E-state index is 0.0798. The summed E-state index contributed by atoms with van der Waals surface area (Å²) < 4.78 is 51.2. The molecule has 1 aliphatic rings. The highest BCUT2D eigenvalue weighted by molar-refractivity contribution is 14.1. The number of carbonyl (C=O) groups is 1. The van der Waals surface area contributed by atoms with Gasteiger partial charge < -0.3 is 14.8 Å². The minimum atomic E-state index is -4.54. The third-order valence-electron chi connectivity index (χ3n) is 3.92. The summed E-state index contributed by atoms with van der Waals surface area (Å²) in [6, 6.07) is 8.51. The molecule has 2 aromatic rings. The van der Waals surface area contributed by atoms with Crippen molar-refractivity contribution in [2.75, 3.05) is 13.7 Å². The average molecular weight is 548 g/mol. The summed E-state index contributed by atoms with van der Waals surface area (Å²) in [5.74, 6) is 0.691. The molecular weight excluding hydrogens is 532 g/mol. The van der Waals surface area contributed by atoms with E-state index in [2.05, 4.69) is 32.9 Å². The molecule has 0 bridgehead atoms. The summed E-state index contributed by atoms with van der Waals surface area (Å²) in [5.41, 5.74) is -0.430. The van der Waals surface area contributed by atoms with Gasteiger partial charge >= 0.3 is 6.18 Å². The SMILES string of the molecule is CCOc1cc(C=C2SC(=Nc3ccccc3C(F)(F)F)NC2=O)cc(I)c1OC. The Morgan fingerprint density at radius 2 is 2.00 bits per heavy atom. The molecule has 0 spiro atoms. The Morgan fingerprint density at radius 1 is 1.27 bits per heavy atom. The van der Waals surface area contributed by atoms with Crippen molar-refractivity contribution in [3.8, 4) is 11.5 Å². The first-order chi connectivity index (χ1) is 14.2. The van der Waals surface area contributed by atoms with Crippen LogP contribution in [0.3, 0.4) is 0 Å². The topological polar surface area (TPSA) is 59.9 Å². The smallest absolute Gasteiger partial charge is 0.418 e. The molecule has 5 nitrogen and oxygen atoms in total. The number of aliphatic imine (C=N–C) groups is 1. The van der Waals surface area contributed by atoms with E-state index in [4.69, 9.17) is 9.47 Å². The molecule has 0 atom stereocenters. The fraction of sp³-hybridized carbons (Fsp3) is 0.200. The molecule has 1 aliphatic heterocycles. The molecule has 10 heteroatoms. The second-order valence-electron chi connectivity index (χ2n) is 5.96. The molecule has 158 valence electrons. The van der Waals surface area contributed by atoms with Gasteiger partial charge in [0.25, 0.3) is 5.91 Å². The third kappa shape index (κ3) is 5.09. The fourth-order valence-corrected chi connectivity index (χ4v) is 4.36. The van der Waals surface area contributed by atoms with Gasteiger partial charge in [0, 0.05) is 0 Å². The van der Waals surface area contributed by atoms with E-state index in [1.165, 1.54) is 18.2 Å². The number of amidine groups is 1. The summed E-state index contributed by atoms with van der Waals surface area (Å²) in [5, 5.41) is 2.59. The Morgan fingerprint density at radius 3 is 2.67 bits per heavy atom. The van der Waals surface area contributed by atoms with Crippen molar-refractivity contribution in [1.29, 1.82) is 0 Å². The zero-order valence-electron chi connectivity index (χ0n) is 15.8. The van der Waals surface area contributed by atoms with Gasteiger partial charge in [0.15, 0.2) is 16.7 Å². The standard InChI is InChI=1S/C20H16F3IN2O3S/c1-3-29-15-9-11(8-13(24)17(15)28-2)10-16-18(27)26-19(30-16)25-14-7-5-4-6-12(14)20(21,22)23/h4-10H,3H2,1-2H3,(H,25,26,27). The maximum absolute atomic E-state index is 13.2. The molecule has 0 saturated carbocycles. The van der Waals surface area contributed by atoms with Crippen LogP contribution in [0.25, 0.3) is 6.08 Å². The zero-order chi connectivity index (χ0) is 21.9. The van der Waals surface area contributed by atoms with Gasteiger partial charge in [-0.3, -0.25) is 4.79 Å². The summed E-state index contributed by atoms with van der Waals surface area (Å²) in [4.78, 5) is 16.6. The highest BCUT2D eigenvalue weighted by Crippen LogP contribution is 2.38. The molecule has 0 radical (unpaired) electrons. The number of halogens is 4. The van der Waals surface area contributed by atoms with Gasteiger partial charge in [-0.15, -0.1) is 0 Å². The van der Waals surface area contributed by atoms with Crippen LogP contribution in [0.1, 0.15) is 18.1 Å². The lowest BCUT2D eigenvalue weighted by molar-refractivity contribution is -0.137. The number of benzene rings is 2. The van der Waals surface area contributed by atoms with Crippen molar-refractivity contribution in [2.45, 2.75) is 13.1 Å². The molecule has 1 fully saturated rings. The molecule has 0 aliphatic carbocycles. The molecule has 1 amide bonds. The van der Waals surface area contributed by atoms with E-state index in [9.17, 15) is 18.0 Å². The molecule has 1 N–H and O–H groups in total. The number of amides is 1. The number of hydrogen-bond acceptors (Lipinski definition) is 5. The molecule has 30 heavy (non-hydrogen) atoms. The Hall–Kier alpha value is -2.21. The van der Waals surface area contributed by atoms with E-state index >= 15 is 0 Å². The number of ether oxygens (including phenoxy) is 2. The second-order valence-corrected chi connectivity index (χ2v) is 8.16. The highest BCUT2D eigenvalue weighted by atomic mass is 127. The van der Waals surface area contributed by atoms with E-state index in [0.717, 1.165) is 21.4 Å². The van der Waals surface area contributed by atoms with Crippen LogP contribution < -0.4 is 14.8 Å². The van der Waals surface area contributed by atoms with Gasteiger partial charge in [0.2, 0.25) is 0 Å². The quantitative estimate of drug-likeness (QED) is 0.390. The van der Waals surface area contributed by atoms with Crippen LogP contribution in [0.15, 0.2) is 46.3 Å². The third-order valence-corrected chi connectivity index (χ3v) is 5.63. The van der Waals surface area contributed by atoms with Crippen LogP contribution in [-0.4, -0.2) is 24.8 Å². The van der Waals surface area contributed by atoms with Gasteiger partial charge in [-0.05, 0) is 77.2 Å². The number of rotatable bonds is 5. The van der Waals surface area contributed by atoms with Crippen molar-refractivity contribution < 1.29 is 27.4 Å². The summed E-state index contributed by atoms with van der Waals surface area (Å²) in [6.07, 6.45) is -2.91. The first-order valence-corrected chi connectivity index (χ1v) is 10.6. The zero-order valence-corrected chi connectivity index (χ0v) is 18.8. The van der Waals surface area contributed by atoms with Crippen LogP contribution in [0, 0.1) is 3.57 Å².